The molecule has 0 unspecified atom stereocenters. The van der Waals surface area contributed by atoms with Crippen molar-refractivity contribution in [1.29, 1.82) is 0 Å². The molecule has 0 aliphatic carbocycles. The van der Waals surface area contributed by atoms with Crippen LogP contribution in [0.4, 0.5) is 15.8 Å². The lowest BCUT2D eigenvalue weighted by Gasteiger charge is -2.09. The minimum atomic E-state index is -0.381. The van der Waals surface area contributed by atoms with Crippen molar-refractivity contribution in [1.82, 2.24) is 19.7 Å². The first-order valence-electron chi connectivity index (χ1n) is 10.4. The van der Waals surface area contributed by atoms with Crippen LogP contribution in [0, 0.1) is 12.7 Å². The Labute approximate surface area is 199 Å². The molecule has 172 valence electrons. The van der Waals surface area contributed by atoms with E-state index in [0.29, 0.717) is 16.7 Å². The Morgan fingerprint density at radius 1 is 0.971 bits per heavy atom. The maximum Gasteiger partial charge on any atom is 0.246 e. The predicted molar refractivity (Wildman–Crippen MR) is 129 cm³/mol. The molecule has 0 aliphatic heterocycles. The third-order valence-corrected chi connectivity index (χ3v) is 5.72. The molecule has 2 heterocycles. The normalized spacial score (nSPS) is 10.6. The van der Waals surface area contributed by atoms with E-state index in [1.54, 1.807) is 24.5 Å². The van der Waals surface area contributed by atoms with E-state index in [1.165, 1.54) is 28.9 Å². The number of hydrogen-bond donors (Lipinski definition) is 2. The summed E-state index contributed by atoms with van der Waals surface area (Å²) < 4.78 is 14.5. The number of hydrogen-bond acceptors (Lipinski definition) is 6. The maximum atomic E-state index is 13.1. The summed E-state index contributed by atoms with van der Waals surface area (Å²) in [5.74, 6) is -0.481. The number of carbonyl (C=O) groups is 2. The molecular weight excluding hydrogens is 455 g/mol. The van der Waals surface area contributed by atoms with Crippen LogP contribution in [0.3, 0.4) is 0 Å². The van der Waals surface area contributed by atoms with Crippen LogP contribution in [-0.4, -0.2) is 37.3 Å². The fourth-order valence-electron chi connectivity index (χ4n) is 3.06. The molecule has 0 saturated heterocycles. The van der Waals surface area contributed by atoms with Gasteiger partial charge in [-0.25, -0.2) is 14.1 Å². The zero-order valence-corrected chi connectivity index (χ0v) is 19.1. The molecule has 10 heteroatoms. The molecule has 8 nitrogen and oxygen atoms in total. The smallest absolute Gasteiger partial charge is 0.246 e. The first-order chi connectivity index (χ1) is 16.5. The van der Waals surface area contributed by atoms with Crippen molar-refractivity contribution < 1.29 is 14.0 Å². The monoisotopic (exact) mass is 476 g/mol. The first kappa shape index (κ1) is 23.1. The molecule has 34 heavy (non-hydrogen) atoms. The number of nitrogens with one attached hydrogen (secondary N) is 2. The number of benzene rings is 2. The van der Waals surface area contributed by atoms with Gasteiger partial charge in [-0.2, -0.15) is 0 Å². The molecule has 4 aromatic rings. The second-order valence-corrected chi connectivity index (χ2v) is 8.26. The minimum Gasteiger partial charge on any atom is -0.325 e. The van der Waals surface area contributed by atoms with Crippen molar-refractivity contribution in [2.75, 3.05) is 16.4 Å². The van der Waals surface area contributed by atoms with Crippen molar-refractivity contribution >= 4 is 35.0 Å². The van der Waals surface area contributed by atoms with Gasteiger partial charge in [0.25, 0.3) is 0 Å². The lowest BCUT2D eigenvalue weighted by atomic mass is 10.2. The summed E-state index contributed by atoms with van der Waals surface area (Å²) in [6, 6.07) is 16.5. The zero-order chi connectivity index (χ0) is 23.9. The van der Waals surface area contributed by atoms with E-state index in [2.05, 4.69) is 25.7 Å². The molecule has 0 atom stereocenters. The molecule has 0 spiro atoms. The summed E-state index contributed by atoms with van der Waals surface area (Å²) in [6.45, 7) is 1.84. The zero-order valence-electron chi connectivity index (χ0n) is 18.2. The molecule has 0 fully saturated rings. The topological polar surface area (TPSA) is 102 Å². The quantitative estimate of drug-likeness (QED) is 0.371. The molecule has 0 radical (unpaired) electrons. The Kier molecular flexibility index (Phi) is 7.28. The Bertz CT molecular complexity index is 1290. The van der Waals surface area contributed by atoms with E-state index in [0.717, 1.165) is 28.6 Å². The van der Waals surface area contributed by atoms with Crippen molar-refractivity contribution in [3.63, 3.8) is 0 Å². The molecule has 0 bridgehead atoms. The van der Waals surface area contributed by atoms with E-state index in [-0.39, 0.29) is 29.9 Å². The van der Waals surface area contributed by atoms with Gasteiger partial charge in [-0.15, -0.1) is 5.10 Å². The van der Waals surface area contributed by atoms with Gasteiger partial charge in [-0.1, -0.05) is 30.0 Å². The number of aromatic nitrogens is 4. The highest BCUT2D eigenvalue weighted by molar-refractivity contribution is 7.99. The van der Waals surface area contributed by atoms with E-state index in [9.17, 15) is 14.0 Å². The number of amides is 2. The van der Waals surface area contributed by atoms with Gasteiger partial charge in [0.2, 0.25) is 11.8 Å². The average molecular weight is 477 g/mol. The molecule has 2 aromatic heterocycles. The van der Waals surface area contributed by atoms with Crippen LogP contribution in [0.25, 0.3) is 11.4 Å². The molecular formula is C24H21FN6O2S. The number of anilines is 2. The molecule has 2 N–H and O–H groups in total. The summed E-state index contributed by atoms with van der Waals surface area (Å²) in [5.41, 5.74) is 2.89. The summed E-state index contributed by atoms with van der Waals surface area (Å²) in [4.78, 5) is 33.6. The van der Waals surface area contributed by atoms with Crippen LogP contribution in [0.15, 0.2) is 78.2 Å². The largest absolute Gasteiger partial charge is 0.325 e. The molecule has 2 amide bonds. The lowest BCUT2D eigenvalue weighted by Crippen LogP contribution is -2.21. The van der Waals surface area contributed by atoms with Crippen LogP contribution in [0.2, 0.25) is 0 Å². The van der Waals surface area contributed by atoms with Crippen molar-refractivity contribution in [3.05, 3.63) is 84.4 Å². The van der Waals surface area contributed by atoms with Crippen LogP contribution >= 0.6 is 11.8 Å². The molecule has 4 rings (SSSR count). The number of carbonyl (C=O) groups excluding carboxylic acids is 2. The Morgan fingerprint density at radius 3 is 2.44 bits per heavy atom. The summed E-state index contributed by atoms with van der Waals surface area (Å²) in [6.07, 6.45) is 3.26. The van der Waals surface area contributed by atoms with Gasteiger partial charge < -0.3 is 10.6 Å². The van der Waals surface area contributed by atoms with Crippen molar-refractivity contribution in [2.45, 2.75) is 18.6 Å². The molecule has 0 aliphatic rings. The Balaban J connectivity index is 1.48. The van der Waals surface area contributed by atoms with Gasteiger partial charge in [-0.3, -0.25) is 14.6 Å². The number of para-hydroxylation sites is 1. The third kappa shape index (κ3) is 6.04. The number of nitrogens with zero attached hydrogens (tertiary/aromatic N) is 4. The predicted octanol–water partition coefficient (Wildman–Crippen LogP) is 4.16. The van der Waals surface area contributed by atoms with Gasteiger partial charge in [0.15, 0.2) is 11.0 Å². The third-order valence-electron chi connectivity index (χ3n) is 4.75. The van der Waals surface area contributed by atoms with E-state index in [4.69, 9.17) is 0 Å². The summed E-state index contributed by atoms with van der Waals surface area (Å²) >= 11 is 1.15. The average Bonchev–Trinajstić information content (AvgIpc) is 3.24. The number of pyridine rings is 1. The Hall–Kier alpha value is -4.05. The molecule has 0 saturated carbocycles. The fourth-order valence-corrected chi connectivity index (χ4v) is 3.80. The van der Waals surface area contributed by atoms with Crippen LogP contribution < -0.4 is 10.6 Å². The second kappa shape index (κ2) is 10.7. The lowest BCUT2D eigenvalue weighted by molar-refractivity contribution is -0.117. The summed E-state index contributed by atoms with van der Waals surface area (Å²) in [7, 11) is 0. The number of halogens is 1. The van der Waals surface area contributed by atoms with E-state index in [1.807, 2.05) is 31.2 Å². The SMILES string of the molecule is Cc1ccccc1NC(=O)Cn1nc(-c2ccncc2)nc1SCC(=O)Nc1ccc(F)cc1. The highest BCUT2D eigenvalue weighted by Gasteiger charge is 2.17. The van der Waals surface area contributed by atoms with E-state index >= 15 is 0 Å². The van der Waals surface area contributed by atoms with Crippen LogP contribution in [0.1, 0.15) is 5.56 Å². The second-order valence-electron chi connectivity index (χ2n) is 7.32. The Morgan fingerprint density at radius 2 is 1.71 bits per heavy atom. The fraction of sp³-hybridized carbons (Fsp3) is 0.125. The minimum absolute atomic E-state index is 0.0330. The van der Waals surface area contributed by atoms with Gasteiger partial charge in [0, 0.05) is 29.3 Å². The van der Waals surface area contributed by atoms with Crippen molar-refractivity contribution in [2.24, 2.45) is 0 Å². The van der Waals surface area contributed by atoms with Crippen LogP contribution in [0.5, 0.6) is 0 Å². The maximum absolute atomic E-state index is 13.1. The highest BCUT2D eigenvalue weighted by atomic mass is 32.2. The van der Waals surface area contributed by atoms with Gasteiger partial charge in [0.05, 0.1) is 5.75 Å². The first-order valence-corrected chi connectivity index (χ1v) is 11.4. The number of thioether (sulfide) groups is 1. The molecule has 2 aromatic carbocycles. The van der Waals surface area contributed by atoms with Gasteiger partial charge in [-0.05, 0) is 55.0 Å². The van der Waals surface area contributed by atoms with E-state index < -0.39 is 0 Å². The summed E-state index contributed by atoms with van der Waals surface area (Å²) in [5, 5.41) is 10.5. The van der Waals surface area contributed by atoms with Gasteiger partial charge >= 0.3 is 0 Å². The van der Waals surface area contributed by atoms with Gasteiger partial charge in [0.1, 0.15) is 12.4 Å². The standard InChI is InChI=1S/C24H21FN6O2S/c1-16-4-2-3-5-20(16)28-21(32)14-31-24(29-23(30-31)17-10-12-26-13-11-17)34-15-22(33)27-19-8-6-18(25)7-9-19/h2-13H,14-15H2,1H3,(H,27,33)(H,28,32). The number of aryl methyl sites for hydroxylation is 1. The van der Waals surface area contributed by atoms with Crippen molar-refractivity contribution in [3.8, 4) is 11.4 Å². The highest BCUT2D eigenvalue weighted by Crippen LogP contribution is 2.22. The van der Waals surface area contributed by atoms with Crippen LogP contribution in [-0.2, 0) is 16.1 Å². The number of rotatable bonds is 8.